The maximum atomic E-state index is 13.2. The fourth-order valence-electron chi connectivity index (χ4n) is 1.92. The van der Waals surface area contributed by atoms with E-state index in [2.05, 4.69) is 0 Å². The number of halogens is 1. The molecule has 0 saturated heterocycles. The van der Waals surface area contributed by atoms with Crippen molar-refractivity contribution >= 4 is 11.0 Å². The Labute approximate surface area is 102 Å². The summed E-state index contributed by atoms with van der Waals surface area (Å²) in [7, 11) is 0. The second kappa shape index (κ2) is 4.11. The van der Waals surface area contributed by atoms with Crippen LogP contribution in [0.1, 0.15) is 0 Å². The molecule has 0 aliphatic carbocycles. The molecule has 0 amide bonds. The fraction of sp³-hybridized carbons (Fsp3) is 0. The van der Waals surface area contributed by atoms with E-state index in [0.29, 0.717) is 16.7 Å². The first-order chi connectivity index (χ1) is 8.74. The highest BCUT2D eigenvalue weighted by Crippen LogP contribution is 2.21. The van der Waals surface area contributed by atoms with Gasteiger partial charge in [-0.3, -0.25) is 0 Å². The van der Waals surface area contributed by atoms with Gasteiger partial charge in [-0.15, -0.1) is 0 Å². The topological polar surface area (TPSA) is 30.2 Å². The van der Waals surface area contributed by atoms with Gasteiger partial charge in [0.15, 0.2) is 0 Å². The molecule has 88 valence electrons. The second-order valence-electron chi connectivity index (χ2n) is 4.00. The van der Waals surface area contributed by atoms with Gasteiger partial charge in [0.05, 0.1) is 5.56 Å². The minimum atomic E-state index is -0.459. The van der Waals surface area contributed by atoms with E-state index >= 15 is 0 Å². The Morgan fingerprint density at radius 2 is 1.78 bits per heavy atom. The Morgan fingerprint density at radius 1 is 0.944 bits per heavy atom. The fourth-order valence-corrected chi connectivity index (χ4v) is 1.92. The molecule has 0 unspecified atom stereocenters. The van der Waals surface area contributed by atoms with Crippen molar-refractivity contribution in [2.45, 2.75) is 0 Å². The normalized spacial score (nSPS) is 10.7. The van der Waals surface area contributed by atoms with Gasteiger partial charge < -0.3 is 4.42 Å². The van der Waals surface area contributed by atoms with E-state index in [9.17, 15) is 9.18 Å². The van der Waals surface area contributed by atoms with Gasteiger partial charge in [-0.05, 0) is 29.8 Å². The van der Waals surface area contributed by atoms with Crippen LogP contribution in [-0.4, -0.2) is 0 Å². The Balaban J connectivity index is 2.29. The third-order valence-electron chi connectivity index (χ3n) is 2.78. The standard InChI is InChI=1S/C15H9FO2/c16-12-6-3-5-10(8-12)13-9-11-4-1-2-7-14(11)18-15(13)17/h1-9H. The van der Waals surface area contributed by atoms with Gasteiger partial charge in [0.2, 0.25) is 0 Å². The van der Waals surface area contributed by atoms with Gasteiger partial charge in [-0.25, -0.2) is 9.18 Å². The summed E-state index contributed by atoms with van der Waals surface area (Å²) in [5.41, 5.74) is 0.963. The summed E-state index contributed by atoms with van der Waals surface area (Å²) in [6.45, 7) is 0. The van der Waals surface area contributed by atoms with Crippen LogP contribution in [0, 0.1) is 5.82 Å². The highest BCUT2D eigenvalue weighted by molar-refractivity contribution is 5.81. The quantitative estimate of drug-likeness (QED) is 0.608. The van der Waals surface area contributed by atoms with E-state index in [0.717, 1.165) is 5.39 Å². The van der Waals surface area contributed by atoms with Crippen molar-refractivity contribution in [3.05, 3.63) is 70.8 Å². The second-order valence-corrected chi connectivity index (χ2v) is 4.00. The maximum absolute atomic E-state index is 13.2. The number of hydrogen-bond acceptors (Lipinski definition) is 2. The summed E-state index contributed by atoms with van der Waals surface area (Å²) < 4.78 is 18.4. The van der Waals surface area contributed by atoms with Crippen LogP contribution in [0.4, 0.5) is 4.39 Å². The number of rotatable bonds is 1. The third kappa shape index (κ3) is 1.80. The van der Waals surface area contributed by atoms with E-state index in [1.54, 1.807) is 30.3 Å². The van der Waals surface area contributed by atoms with Crippen LogP contribution in [0.2, 0.25) is 0 Å². The molecule has 0 atom stereocenters. The molecule has 0 aliphatic rings. The average Bonchev–Trinajstić information content (AvgIpc) is 2.38. The van der Waals surface area contributed by atoms with Crippen molar-refractivity contribution < 1.29 is 8.81 Å². The number of para-hydroxylation sites is 1. The zero-order valence-electron chi connectivity index (χ0n) is 9.39. The van der Waals surface area contributed by atoms with Crippen molar-refractivity contribution in [3.63, 3.8) is 0 Å². The Hall–Kier alpha value is -2.42. The predicted molar refractivity (Wildman–Crippen MR) is 67.9 cm³/mol. The van der Waals surface area contributed by atoms with Gasteiger partial charge in [0.1, 0.15) is 11.4 Å². The highest BCUT2D eigenvalue weighted by atomic mass is 19.1. The van der Waals surface area contributed by atoms with E-state index < -0.39 is 5.63 Å². The van der Waals surface area contributed by atoms with Gasteiger partial charge in [-0.2, -0.15) is 0 Å². The van der Waals surface area contributed by atoms with E-state index in [1.165, 1.54) is 12.1 Å². The van der Waals surface area contributed by atoms with Gasteiger partial charge >= 0.3 is 5.63 Å². The van der Waals surface area contributed by atoms with Crippen LogP contribution in [-0.2, 0) is 0 Å². The van der Waals surface area contributed by atoms with Crippen LogP contribution in [0.15, 0.2) is 63.8 Å². The van der Waals surface area contributed by atoms with Gasteiger partial charge in [0.25, 0.3) is 0 Å². The smallest absolute Gasteiger partial charge is 0.344 e. The van der Waals surface area contributed by atoms with Crippen molar-refractivity contribution in [1.29, 1.82) is 0 Å². The minimum absolute atomic E-state index is 0.369. The number of hydrogen-bond donors (Lipinski definition) is 0. The molecule has 0 fully saturated rings. The molecule has 0 bridgehead atoms. The molecule has 1 heterocycles. The van der Waals surface area contributed by atoms with E-state index in [1.807, 2.05) is 12.1 Å². The summed E-state index contributed by atoms with van der Waals surface area (Å²) in [5.74, 6) is -0.375. The van der Waals surface area contributed by atoms with Crippen LogP contribution in [0.5, 0.6) is 0 Å². The summed E-state index contributed by atoms with van der Waals surface area (Å²) in [6.07, 6.45) is 0. The van der Waals surface area contributed by atoms with Crippen molar-refractivity contribution in [2.24, 2.45) is 0 Å². The lowest BCUT2D eigenvalue weighted by atomic mass is 10.1. The molecule has 3 aromatic rings. The van der Waals surface area contributed by atoms with Crippen LogP contribution in [0.3, 0.4) is 0 Å². The highest BCUT2D eigenvalue weighted by Gasteiger charge is 2.07. The number of benzene rings is 2. The third-order valence-corrected chi connectivity index (χ3v) is 2.78. The largest absolute Gasteiger partial charge is 0.422 e. The van der Waals surface area contributed by atoms with Crippen LogP contribution < -0.4 is 5.63 Å². The monoisotopic (exact) mass is 240 g/mol. The molecule has 18 heavy (non-hydrogen) atoms. The molecule has 0 aliphatic heterocycles. The maximum Gasteiger partial charge on any atom is 0.344 e. The number of fused-ring (bicyclic) bond motifs is 1. The molecule has 2 nitrogen and oxygen atoms in total. The van der Waals surface area contributed by atoms with Crippen molar-refractivity contribution in [2.75, 3.05) is 0 Å². The molecule has 0 radical (unpaired) electrons. The van der Waals surface area contributed by atoms with Crippen LogP contribution >= 0.6 is 0 Å². The molecule has 3 heteroatoms. The van der Waals surface area contributed by atoms with E-state index in [-0.39, 0.29) is 5.82 Å². The molecule has 0 spiro atoms. The minimum Gasteiger partial charge on any atom is -0.422 e. The first kappa shape index (κ1) is 10.7. The van der Waals surface area contributed by atoms with E-state index in [4.69, 9.17) is 4.42 Å². The summed E-state index contributed by atoms with van der Waals surface area (Å²) in [5, 5.41) is 0.816. The molecule has 1 aromatic heterocycles. The molecule has 3 rings (SSSR count). The van der Waals surface area contributed by atoms with Gasteiger partial charge in [-0.1, -0.05) is 30.3 Å². The Morgan fingerprint density at radius 3 is 2.61 bits per heavy atom. The van der Waals surface area contributed by atoms with Gasteiger partial charge in [0, 0.05) is 5.39 Å². The van der Waals surface area contributed by atoms with Crippen molar-refractivity contribution in [1.82, 2.24) is 0 Å². The van der Waals surface area contributed by atoms with Crippen LogP contribution in [0.25, 0.3) is 22.1 Å². The average molecular weight is 240 g/mol. The lowest BCUT2D eigenvalue weighted by molar-refractivity contribution is 0.563. The van der Waals surface area contributed by atoms with Crippen molar-refractivity contribution in [3.8, 4) is 11.1 Å². The Bertz CT molecular complexity index is 775. The molecule has 0 saturated carbocycles. The molecule has 2 aromatic carbocycles. The molecular formula is C15H9FO2. The lowest BCUT2D eigenvalue weighted by Gasteiger charge is -2.02. The lowest BCUT2D eigenvalue weighted by Crippen LogP contribution is -2.02. The summed E-state index contributed by atoms with van der Waals surface area (Å²) in [6, 6.07) is 14.9. The zero-order chi connectivity index (χ0) is 12.5. The SMILES string of the molecule is O=c1oc2ccccc2cc1-c1cccc(F)c1. The first-order valence-corrected chi connectivity index (χ1v) is 5.53. The summed E-state index contributed by atoms with van der Waals surface area (Å²) >= 11 is 0. The Kier molecular flexibility index (Phi) is 2.45. The first-order valence-electron chi connectivity index (χ1n) is 5.53. The zero-order valence-corrected chi connectivity index (χ0v) is 9.39. The molecule has 0 N–H and O–H groups in total. The predicted octanol–water partition coefficient (Wildman–Crippen LogP) is 3.60. The summed E-state index contributed by atoms with van der Waals surface area (Å²) in [4.78, 5) is 11.9. The molecular weight excluding hydrogens is 231 g/mol.